The molecular weight excluding hydrogens is 342 g/mol. The van der Waals surface area contributed by atoms with Crippen LogP contribution >= 0.6 is 0 Å². The molecule has 3 rings (SSSR count). The first-order valence-electron chi connectivity index (χ1n) is 10.0. The van der Waals surface area contributed by atoms with Crippen LogP contribution in [0.3, 0.4) is 0 Å². The van der Waals surface area contributed by atoms with Crippen molar-refractivity contribution in [3.8, 4) is 0 Å². The highest BCUT2D eigenvalue weighted by molar-refractivity contribution is 6.00. The Labute approximate surface area is 168 Å². The summed E-state index contributed by atoms with van der Waals surface area (Å²) in [7, 11) is 0. The molecule has 1 atom stereocenters. The third kappa shape index (κ3) is 5.64. The van der Waals surface area contributed by atoms with Gasteiger partial charge in [-0.15, -0.1) is 0 Å². The fourth-order valence-corrected chi connectivity index (χ4v) is 3.58. The van der Waals surface area contributed by atoms with E-state index in [2.05, 4.69) is 67.3 Å². The Morgan fingerprint density at radius 2 is 1.14 bits per heavy atom. The first-order valence-corrected chi connectivity index (χ1v) is 10.0. The molecule has 0 aromatic heterocycles. The topological polar surface area (TPSA) is 20.3 Å². The number of carbonyl (C=O) groups excluding carboxylic acids is 1. The number of hydrogen-bond donors (Lipinski definition) is 0. The molecule has 0 N–H and O–H groups in total. The standard InChI is InChI=1S/C26H29NO/c1-21(2)18-25(26(28)24-16-10-5-11-17-24)27(19-22-12-6-3-7-13-22)20-23-14-8-4-9-15-23/h3-17,21,25H,18-20H2,1-2H3/t25-/m0/s1. The molecule has 3 aromatic carbocycles. The number of hydrogen-bond acceptors (Lipinski definition) is 2. The summed E-state index contributed by atoms with van der Waals surface area (Å²) in [5.41, 5.74) is 3.25. The number of ketones is 1. The predicted octanol–water partition coefficient (Wildman–Crippen LogP) is 5.99. The Morgan fingerprint density at radius 3 is 1.57 bits per heavy atom. The molecule has 0 radical (unpaired) electrons. The fraction of sp³-hybridized carbons (Fsp3) is 0.269. The molecule has 0 aliphatic carbocycles. The SMILES string of the molecule is CC(C)C[C@@H](C(=O)c1ccccc1)N(Cc1ccccc1)Cc1ccccc1. The van der Waals surface area contributed by atoms with E-state index in [9.17, 15) is 4.79 Å². The van der Waals surface area contributed by atoms with Gasteiger partial charge in [0.1, 0.15) is 0 Å². The Bertz CT molecular complexity index is 802. The largest absolute Gasteiger partial charge is 0.292 e. The lowest BCUT2D eigenvalue weighted by Crippen LogP contribution is -2.41. The van der Waals surface area contributed by atoms with Gasteiger partial charge in [0.25, 0.3) is 0 Å². The van der Waals surface area contributed by atoms with Crippen LogP contribution in [0.25, 0.3) is 0 Å². The highest BCUT2D eigenvalue weighted by atomic mass is 16.1. The van der Waals surface area contributed by atoms with Crippen LogP contribution in [0.2, 0.25) is 0 Å². The summed E-state index contributed by atoms with van der Waals surface area (Å²) in [6.07, 6.45) is 0.841. The lowest BCUT2D eigenvalue weighted by molar-refractivity contribution is 0.0755. The van der Waals surface area contributed by atoms with Gasteiger partial charge in [0, 0.05) is 18.7 Å². The van der Waals surface area contributed by atoms with Gasteiger partial charge in [-0.3, -0.25) is 9.69 Å². The third-order valence-electron chi connectivity index (χ3n) is 4.95. The normalized spacial score (nSPS) is 12.3. The van der Waals surface area contributed by atoms with Crippen LogP contribution in [-0.2, 0) is 13.1 Å². The molecule has 2 nitrogen and oxygen atoms in total. The average Bonchev–Trinajstić information content (AvgIpc) is 2.73. The molecule has 28 heavy (non-hydrogen) atoms. The smallest absolute Gasteiger partial charge is 0.179 e. The molecule has 2 heteroatoms. The quantitative estimate of drug-likeness (QED) is 0.431. The number of carbonyl (C=O) groups is 1. The van der Waals surface area contributed by atoms with Crippen molar-refractivity contribution in [2.24, 2.45) is 5.92 Å². The van der Waals surface area contributed by atoms with Gasteiger partial charge >= 0.3 is 0 Å². The van der Waals surface area contributed by atoms with E-state index in [-0.39, 0.29) is 11.8 Å². The van der Waals surface area contributed by atoms with Crippen molar-refractivity contribution in [2.75, 3.05) is 0 Å². The van der Waals surface area contributed by atoms with E-state index >= 15 is 0 Å². The van der Waals surface area contributed by atoms with Crippen molar-refractivity contribution in [1.82, 2.24) is 4.90 Å². The van der Waals surface area contributed by atoms with E-state index in [0.29, 0.717) is 5.92 Å². The maximum atomic E-state index is 13.5. The van der Waals surface area contributed by atoms with E-state index in [1.807, 2.05) is 42.5 Å². The molecule has 0 saturated carbocycles. The number of nitrogens with zero attached hydrogens (tertiary/aromatic N) is 1. The maximum absolute atomic E-state index is 13.5. The Hall–Kier alpha value is -2.71. The van der Waals surface area contributed by atoms with Crippen molar-refractivity contribution in [3.63, 3.8) is 0 Å². The van der Waals surface area contributed by atoms with Gasteiger partial charge in [-0.25, -0.2) is 0 Å². The van der Waals surface area contributed by atoms with Crippen LogP contribution in [0.4, 0.5) is 0 Å². The maximum Gasteiger partial charge on any atom is 0.179 e. The van der Waals surface area contributed by atoms with Gasteiger partial charge in [0.05, 0.1) is 6.04 Å². The molecule has 0 unspecified atom stereocenters. The minimum atomic E-state index is -0.150. The van der Waals surface area contributed by atoms with Gasteiger partial charge in [-0.05, 0) is 23.5 Å². The van der Waals surface area contributed by atoms with Crippen LogP contribution in [0.1, 0.15) is 41.8 Å². The monoisotopic (exact) mass is 371 g/mol. The van der Waals surface area contributed by atoms with Crippen LogP contribution in [0, 0.1) is 5.92 Å². The Kier molecular flexibility index (Phi) is 7.16. The van der Waals surface area contributed by atoms with Gasteiger partial charge in [0.15, 0.2) is 5.78 Å². The van der Waals surface area contributed by atoms with Gasteiger partial charge in [-0.2, -0.15) is 0 Å². The molecule has 0 saturated heterocycles. The van der Waals surface area contributed by atoms with Gasteiger partial charge < -0.3 is 0 Å². The number of rotatable bonds is 9. The van der Waals surface area contributed by atoms with E-state index in [4.69, 9.17) is 0 Å². The predicted molar refractivity (Wildman–Crippen MR) is 116 cm³/mol. The summed E-state index contributed by atoms with van der Waals surface area (Å²) in [5, 5.41) is 0. The Balaban J connectivity index is 1.93. The zero-order valence-corrected chi connectivity index (χ0v) is 16.8. The lowest BCUT2D eigenvalue weighted by Gasteiger charge is -2.32. The van der Waals surface area contributed by atoms with Gasteiger partial charge in [-0.1, -0.05) is 105 Å². The molecule has 0 aliphatic heterocycles. The molecule has 0 amide bonds. The summed E-state index contributed by atoms with van der Waals surface area (Å²) in [5.74, 6) is 0.646. The highest BCUT2D eigenvalue weighted by Crippen LogP contribution is 2.22. The number of Topliss-reactive ketones (excluding diaryl/α,β-unsaturated/α-hetero) is 1. The third-order valence-corrected chi connectivity index (χ3v) is 4.95. The zero-order valence-electron chi connectivity index (χ0n) is 16.8. The fourth-order valence-electron chi connectivity index (χ4n) is 3.58. The summed E-state index contributed by atoms with van der Waals surface area (Å²) in [4.78, 5) is 15.8. The second-order valence-electron chi connectivity index (χ2n) is 7.75. The second-order valence-corrected chi connectivity index (χ2v) is 7.75. The minimum Gasteiger partial charge on any atom is -0.292 e. The first kappa shape index (κ1) is 20.0. The second kappa shape index (κ2) is 10.0. The molecule has 3 aromatic rings. The molecule has 144 valence electrons. The lowest BCUT2D eigenvalue weighted by atomic mass is 9.93. The van der Waals surface area contributed by atoms with Crippen molar-refractivity contribution in [1.29, 1.82) is 0 Å². The summed E-state index contributed by atoms with van der Waals surface area (Å²) >= 11 is 0. The summed E-state index contributed by atoms with van der Waals surface area (Å²) in [6.45, 7) is 5.89. The van der Waals surface area contributed by atoms with Crippen molar-refractivity contribution in [3.05, 3.63) is 108 Å². The molecule has 0 fully saturated rings. The van der Waals surface area contributed by atoms with Crippen molar-refractivity contribution < 1.29 is 4.79 Å². The van der Waals surface area contributed by atoms with Crippen LogP contribution in [0.15, 0.2) is 91.0 Å². The van der Waals surface area contributed by atoms with E-state index in [1.54, 1.807) is 0 Å². The van der Waals surface area contributed by atoms with Crippen LogP contribution in [-0.4, -0.2) is 16.7 Å². The van der Waals surface area contributed by atoms with Crippen LogP contribution < -0.4 is 0 Å². The van der Waals surface area contributed by atoms with E-state index in [0.717, 1.165) is 25.1 Å². The van der Waals surface area contributed by atoms with Crippen molar-refractivity contribution in [2.45, 2.75) is 39.4 Å². The summed E-state index contributed by atoms with van der Waals surface area (Å²) in [6, 6.07) is 30.4. The van der Waals surface area contributed by atoms with E-state index in [1.165, 1.54) is 11.1 Å². The number of benzene rings is 3. The molecule has 0 heterocycles. The van der Waals surface area contributed by atoms with E-state index < -0.39 is 0 Å². The zero-order chi connectivity index (χ0) is 19.8. The summed E-state index contributed by atoms with van der Waals surface area (Å²) < 4.78 is 0. The highest BCUT2D eigenvalue weighted by Gasteiger charge is 2.28. The molecular formula is C26H29NO. The molecule has 0 aliphatic rings. The van der Waals surface area contributed by atoms with Gasteiger partial charge in [0.2, 0.25) is 0 Å². The first-order chi connectivity index (χ1) is 13.6. The van der Waals surface area contributed by atoms with Crippen LogP contribution in [0.5, 0.6) is 0 Å². The van der Waals surface area contributed by atoms with Crippen molar-refractivity contribution >= 4 is 5.78 Å². The average molecular weight is 372 g/mol. The molecule has 0 bridgehead atoms. The minimum absolute atomic E-state index is 0.150. The molecule has 0 spiro atoms. The Morgan fingerprint density at radius 1 is 0.714 bits per heavy atom.